The topological polar surface area (TPSA) is 61.7 Å². The summed E-state index contributed by atoms with van der Waals surface area (Å²) < 4.78 is 0. The molecule has 23 heavy (non-hydrogen) atoms. The first kappa shape index (κ1) is 14.2. The number of nitrogens with one attached hydrogen (secondary N) is 1. The second kappa shape index (κ2) is 5.69. The molecule has 3 atom stereocenters. The minimum Gasteiger partial charge on any atom is -0.507 e. The zero-order valence-corrected chi connectivity index (χ0v) is 12.9. The van der Waals surface area contributed by atoms with E-state index in [1.54, 1.807) is 12.1 Å². The van der Waals surface area contributed by atoms with E-state index in [2.05, 4.69) is 10.5 Å². The van der Waals surface area contributed by atoms with Crippen LogP contribution in [-0.2, 0) is 0 Å². The minimum absolute atomic E-state index is 0.0173. The van der Waals surface area contributed by atoms with Gasteiger partial charge in [-0.05, 0) is 59.9 Å². The van der Waals surface area contributed by atoms with Crippen molar-refractivity contribution in [3.63, 3.8) is 0 Å². The van der Waals surface area contributed by atoms with E-state index in [1.165, 1.54) is 25.7 Å². The summed E-state index contributed by atoms with van der Waals surface area (Å²) in [4.78, 5) is 12.3. The molecule has 0 spiro atoms. The van der Waals surface area contributed by atoms with Gasteiger partial charge in [0.15, 0.2) is 0 Å². The van der Waals surface area contributed by atoms with Crippen molar-refractivity contribution in [2.24, 2.45) is 22.9 Å². The number of hydrogen-bond acceptors (Lipinski definition) is 3. The molecule has 2 aliphatic carbocycles. The van der Waals surface area contributed by atoms with Crippen LogP contribution in [0.15, 0.2) is 41.5 Å². The Labute approximate surface area is 135 Å². The monoisotopic (exact) mass is 308 g/mol. The number of phenolic OH excluding ortho intramolecular Hbond substituents is 1. The van der Waals surface area contributed by atoms with Crippen LogP contribution in [-0.4, -0.2) is 17.2 Å². The fourth-order valence-electron chi connectivity index (χ4n) is 4.14. The summed E-state index contributed by atoms with van der Waals surface area (Å²) in [6.07, 6.45) is 7.05. The van der Waals surface area contributed by atoms with Crippen LogP contribution in [0.4, 0.5) is 0 Å². The number of nitrogens with zero attached hydrogens (tertiary/aromatic N) is 1. The van der Waals surface area contributed by atoms with Gasteiger partial charge < -0.3 is 5.11 Å². The van der Waals surface area contributed by atoms with Crippen LogP contribution in [0.1, 0.15) is 36.0 Å². The molecule has 2 aliphatic rings. The van der Waals surface area contributed by atoms with Gasteiger partial charge in [-0.15, -0.1) is 0 Å². The second-order valence-electron chi connectivity index (χ2n) is 6.77. The number of aromatic hydroxyl groups is 1. The summed E-state index contributed by atoms with van der Waals surface area (Å²) in [5, 5.41) is 16.0. The lowest BCUT2D eigenvalue weighted by atomic mass is 9.90. The van der Waals surface area contributed by atoms with Crippen LogP contribution < -0.4 is 5.43 Å². The molecule has 4 rings (SSSR count). The summed E-state index contributed by atoms with van der Waals surface area (Å²) >= 11 is 0. The normalized spacial score (nSPS) is 26.2. The first-order valence-electron chi connectivity index (χ1n) is 8.26. The molecule has 4 nitrogen and oxygen atoms in total. The Hall–Kier alpha value is -2.36. The van der Waals surface area contributed by atoms with Crippen molar-refractivity contribution in [3.8, 4) is 5.75 Å². The second-order valence-corrected chi connectivity index (χ2v) is 6.77. The molecule has 0 saturated heterocycles. The minimum atomic E-state index is -0.368. The maximum absolute atomic E-state index is 12.3. The number of phenols is 1. The summed E-state index contributed by atoms with van der Waals surface area (Å²) in [5.41, 5.74) is 2.82. The molecule has 2 N–H and O–H groups in total. The quantitative estimate of drug-likeness (QED) is 0.671. The smallest absolute Gasteiger partial charge is 0.275 e. The van der Waals surface area contributed by atoms with Crippen molar-refractivity contribution in [1.82, 2.24) is 5.43 Å². The Morgan fingerprint density at radius 3 is 2.65 bits per heavy atom. The van der Waals surface area contributed by atoms with Crippen LogP contribution in [0.25, 0.3) is 10.8 Å². The van der Waals surface area contributed by atoms with E-state index in [9.17, 15) is 9.90 Å². The third-order valence-electron chi connectivity index (χ3n) is 5.33. The van der Waals surface area contributed by atoms with Crippen molar-refractivity contribution in [2.75, 3.05) is 0 Å². The molecule has 118 valence electrons. The van der Waals surface area contributed by atoms with E-state index in [4.69, 9.17) is 0 Å². The van der Waals surface area contributed by atoms with E-state index in [0.29, 0.717) is 5.92 Å². The predicted octanol–water partition coefficient (Wildman–Crippen LogP) is 3.70. The van der Waals surface area contributed by atoms with Crippen LogP contribution in [0.3, 0.4) is 0 Å². The van der Waals surface area contributed by atoms with Crippen LogP contribution in [0, 0.1) is 17.8 Å². The van der Waals surface area contributed by atoms with Gasteiger partial charge in [0.1, 0.15) is 5.75 Å². The van der Waals surface area contributed by atoms with Crippen molar-refractivity contribution in [3.05, 3.63) is 42.0 Å². The highest BCUT2D eigenvalue weighted by Gasteiger charge is 2.38. The molecule has 0 radical (unpaired) electrons. The highest BCUT2D eigenvalue weighted by atomic mass is 16.3. The van der Waals surface area contributed by atoms with Gasteiger partial charge >= 0.3 is 0 Å². The zero-order valence-electron chi connectivity index (χ0n) is 12.9. The average Bonchev–Trinajstić information content (AvgIpc) is 3.17. The van der Waals surface area contributed by atoms with E-state index in [1.807, 2.05) is 30.5 Å². The van der Waals surface area contributed by atoms with Gasteiger partial charge in [-0.1, -0.05) is 30.7 Å². The Balaban J connectivity index is 1.47. The third-order valence-corrected chi connectivity index (χ3v) is 5.33. The van der Waals surface area contributed by atoms with Gasteiger partial charge in [0, 0.05) is 6.21 Å². The Bertz CT molecular complexity index is 784. The van der Waals surface area contributed by atoms with Crippen molar-refractivity contribution in [2.45, 2.75) is 25.7 Å². The Morgan fingerprint density at radius 1 is 1.17 bits per heavy atom. The number of benzene rings is 2. The molecular weight excluding hydrogens is 288 g/mol. The molecule has 0 unspecified atom stereocenters. The van der Waals surface area contributed by atoms with E-state index in [-0.39, 0.29) is 17.2 Å². The fourth-order valence-corrected chi connectivity index (χ4v) is 4.14. The number of rotatable bonds is 3. The molecule has 4 heteroatoms. The first-order chi connectivity index (χ1) is 11.2. The van der Waals surface area contributed by atoms with Gasteiger partial charge in [-0.2, -0.15) is 5.10 Å². The number of hydrogen-bond donors (Lipinski definition) is 2. The lowest BCUT2D eigenvalue weighted by Gasteiger charge is -2.16. The average molecular weight is 308 g/mol. The zero-order chi connectivity index (χ0) is 15.8. The lowest BCUT2D eigenvalue weighted by Crippen LogP contribution is -2.20. The number of carbonyl (C=O) groups excluding carboxylic acids is 1. The third kappa shape index (κ3) is 2.69. The van der Waals surface area contributed by atoms with Gasteiger partial charge in [0.2, 0.25) is 0 Å². The van der Waals surface area contributed by atoms with E-state index >= 15 is 0 Å². The van der Waals surface area contributed by atoms with Crippen LogP contribution in [0.2, 0.25) is 0 Å². The summed E-state index contributed by atoms with van der Waals surface area (Å²) in [5.74, 6) is 1.72. The van der Waals surface area contributed by atoms with Gasteiger partial charge in [0.05, 0.1) is 5.56 Å². The van der Waals surface area contributed by atoms with Crippen molar-refractivity contribution in [1.29, 1.82) is 0 Å². The Kier molecular flexibility index (Phi) is 3.52. The summed E-state index contributed by atoms with van der Waals surface area (Å²) in [6.45, 7) is 0. The molecule has 2 saturated carbocycles. The lowest BCUT2D eigenvalue weighted by molar-refractivity contribution is 0.0952. The summed E-state index contributed by atoms with van der Waals surface area (Å²) in [6, 6.07) is 11.0. The van der Waals surface area contributed by atoms with Crippen LogP contribution in [0.5, 0.6) is 5.75 Å². The van der Waals surface area contributed by atoms with E-state index < -0.39 is 0 Å². The highest BCUT2D eigenvalue weighted by Crippen LogP contribution is 2.47. The number of carbonyl (C=O) groups is 1. The van der Waals surface area contributed by atoms with Gasteiger partial charge in [0.25, 0.3) is 5.91 Å². The molecule has 0 aliphatic heterocycles. The molecule has 0 heterocycles. The standard InChI is InChI=1S/C19H20N2O2/c22-18-10-14-4-2-1-3-13(14)9-17(18)19(23)21-20-11-16-8-12-5-6-15(16)7-12/h1-4,9-12,15-16,22H,5-8H2,(H,21,23)/b20-11-/t12-,15-,16-/m0/s1. The highest BCUT2D eigenvalue weighted by molar-refractivity contribution is 6.01. The predicted molar refractivity (Wildman–Crippen MR) is 90.5 cm³/mol. The molecule has 1 amide bonds. The number of amides is 1. The molecule has 2 bridgehead atoms. The molecule has 0 aromatic heterocycles. The summed E-state index contributed by atoms with van der Waals surface area (Å²) in [7, 11) is 0. The Morgan fingerprint density at radius 2 is 1.96 bits per heavy atom. The molecule has 2 aromatic rings. The maximum atomic E-state index is 12.3. The largest absolute Gasteiger partial charge is 0.507 e. The molecule has 2 fully saturated rings. The SMILES string of the molecule is O=C(N/N=C\[C@@H]1C[C@H]2CC[C@H]1C2)c1cc2ccccc2cc1O. The van der Waals surface area contributed by atoms with Crippen molar-refractivity contribution >= 4 is 22.9 Å². The maximum Gasteiger partial charge on any atom is 0.275 e. The molecule has 2 aromatic carbocycles. The molecular formula is C19H20N2O2. The van der Waals surface area contributed by atoms with Crippen LogP contribution >= 0.6 is 0 Å². The van der Waals surface area contributed by atoms with Gasteiger partial charge in [-0.3, -0.25) is 4.79 Å². The number of hydrazone groups is 1. The number of fused-ring (bicyclic) bond motifs is 3. The van der Waals surface area contributed by atoms with E-state index in [0.717, 1.165) is 22.6 Å². The fraction of sp³-hybridized carbons (Fsp3) is 0.368. The van der Waals surface area contributed by atoms with Gasteiger partial charge in [-0.25, -0.2) is 5.43 Å². The first-order valence-corrected chi connectivity index (χ1v) is 8.26. The van der Waals surface area contributed by atoms with Crippen molar-refractivity contribution < 1.29 is 9.90 Å².